The number of methoxy groups -OCH3 is 1. The average molecular weight is 347 g/mol. The van der Waals surface area contributed by atoms with Crippen molar-refractivity contribution in [3.8, 4) is 16.9 Å². The summed E-state index contributed by atoms with van der Waals surface area (Å²) in [6, 6.07) is 15.7. The molecule has 0 aromatic heterocycles. The molecule has 0 unspecified atom stereocenters. The number of benzene rings is 2. The van der Waals surface area contributed by atoms with Crippen LogP contribution in [0.4, 0.5) is 5.69 Å². The number of anilines is 1. The van der Waals surface area contributed by atoms with Gasteiger partial charge in [0.15, 0.2) is 0 Å². The molecule has 24 heavy (non-hydrogen) atoms. The molecule has 0 radical (unpaired) electrons. The summed E-state index contributed by atoms with van der Waals surface area (Å²) in [6.45, 7) is 1.30. The van der Waals surface area contributed by atoms with E-state index < -0.39 is 0 Å². The summed E-state index contributed by atoms with van der Waals surface area (Å²) in [4.78, 5) is 12.0. The lowest BCUT2D eigenvalue weighted by atomic mass is 10.0. The van der Waals surface area contributed by atoms with Crippen molar-refractivity contribution >= 4 is 24.0 Å². The molecule has 3 rings (SSSR count). The standard InChI is InChI=1S/C19H22N2O2.ClH/c1-23-18-8-3-2-7-17(18)15-5-4-6-16(11-15)21-19(22)13-20-12-14-9-10-14;/h2-8,11,14,20H,9-10,12-13H2,1H3,(H,21,22);1H. The van der Waals surface area contributed by atoms with Crippen LogP contribution in [0.1, 0.15) is 12.8 Å². The minimum atomic E-state index is -0.0113. The number of carbonyl (C=O) groups is 1. The SMILES string of the molecule is COc1ccccc1-c1cccc(NC(=O)CNCC2CC2)c1.Cl. The van der Waals surface area contributed by atoms with Gasteiger partial charge in [-0.1, -0.05) is 30.3 Å². The van der Waals surface area contributed by atoms with Gasteiger partial charge < -0.3 is 15.4 Å². The van der Waals surface area contributed by atoms with E-state index in [2.05, 4.69) is 10.6 Å². The number of nitrogens with one attached hydrogen (secondary N) is 2. The number of para-hydroxylation sites is 1. The van der Waals surface area contributed by atoms with Crippen LogP contribution in [0.2, 0.25) is 0 Å². The molecule has 1 aliphatic carbocycles. The summed E-state index contributed by atoms with van der Waals surface area (Å²) in [5.41, 5.74) is 2.83. The Hall–Kier alpha value is -2.04. The summed E-state index contributed by atoms with van der Waals surface area (Å²) in [6.07, 6.45) is 2.57. The second kappa shape index (κ2) is 8.71. The highest BCUT2D eigenvalue weighted by molar-refractivity contribution is 5.93. The maximum atomic E-state index is 12.0. The molecule has 0 bridgehead atoms. The highest BCUT2D eigenvalue weighted by Crippen LogP contribution is 2.31. The van der Waals surface area contributed by atoms with Crippen LogP contribution in [0.5, 0.6) is 5.75 Å². The summed E-state index contributed by atoms with van der Waals surface area (Å²) in [7, 11) is 1.66. The van der Waals surface area contributed by atoms with Crippen molar-refractivity contribution in [3.63, 3.8) is 0 Å². The molecule has 0 aliphatic heterocycles. The average Bonchev–Trinajstić information content (AvgIpc) is 3.39. The first-order valence-electron chi connectivity index (χ1n) is 8.00. The van der Waals surface area contributed by atoms with Gasteiger partial charge in [0, 0.05) is 11.3 Å². The lowest BCUT2D eigenvalue weighted by molar-refractivity contribution is -0.115. The van der Waals surface area contributed by atoms with Crippen LogP contribution < -0.4 is 15.4 Å². The first-order valence-corrected chi connectivity index (χ1v) is 8.00. The Morgan fingerprint density at radius 3 is 2.71 bits per heavy atom. The molecule has 2 aromatic rings. The van der Waals surface area contributed by atoms with Crippen molar-refractivity contribution < 1.29 is 9.53 Å². The molecular formula is C19H23ClN2O2. The normalized spacial score (nSPS) is 13.0. The summed E-state index contributed by atoms with van der Waals surface area (Å²) >= 11 is 0. The zero-order valence-electron chi connectivity index (χ0n) is 13.7. The molecule has 1 saturated carbocycles. The molecule has 0 spiro atoms. The monoisotopic (exact) mass is 346 g/mol. The van der Waals surface area contributed by atoms with E-state index in [-0.39, 0.29) is 18.3 Å². The summed E-state index contributed by atoms with van der Waals surface area (Å²) < 4.78 is 5.40. The maximum Gasteiger partial charge on any atom is 0.238 e. The molecule has 1 aliphatic rings. The minimum Gasteiger partial charge on any atom is -0.496 e. The Kier molecular flexibility index (Phi) is 6.64. The maximum absolute atomic E-state index is 12.0. The van der Waals surface area contributed by atoms with E-state index in [1.165, 1.54) is 12.8 Å². The molecule has 5 heteroatoms. The molecule has 1 amide bonds. The zero-order valence-corrected chi connectivity index (χ0v) is 14.6. The molecule has 1 fully saturated rings. The van der Waals surface area contributed by atoms with Gasteiger partial charge in [0.05, 0.1) is 13.7 Å². The highest BCUT2D eigenvalue weighted by atomic mass is 35.5. The van der Waals surface area contributed by atoms with Gasteiger partial charge in [-0.05, 0) is 49.1 Å². The Bertz CT molecular complexity index is 687. The molecule has 0 atom stereocenters. The van der Waals surface area contributed by atoms with E-state index in [9.17, 15) is 4.79 Å². The van der Waals surface area contributed by atoms with Gasteiger partial charge in [-0.2, -0.15) is 0 Å². The molecule has 2 N–H and O–H groups in total. The van der Waals surface area contributed by atoms with Crippen LogP contribution in [-0.2, 0) is 4.79 Å². The van der Waals surface area contributed by atoms with Crippen LogP contribution in [0, 0.1) is 5.92 Å². The number of hydrogen-bond donors (Lipinski definition) is 2. The Morgan fingerprint density at radius 2 is 1.96 bits per heavy atom. The van der Waals surface area contributed by atoms with Crippen molar-refractivity contribution in [3.05, 3.63) is 48.5 Å². The van der Waals surface area contributed by atoms with E-state index in [0.717, 1.165) is 35.0 Å². The van der Waals surface area contributed by atoms with Crippen molar-refractivity contribution in [2.45, 2.75) is 12.8 Å². The fraction of sp³-hybridized carbons (Fsp3) is 0.316. The Balaban J connectivity index is 0.00000208. The van der Waals surface area contributed by atoms with E-state index in [1.807, 2.05) is 48.5 Å². The van der Waals surface area contributed by atoms with Crippen molar-refractivity contribution in [2.24, 2.45) is 5.92 Å². The summed E-state index contributed by atoms with van der Waals surface area (Å²) in [5.74, 6) is 1.58. The third-order valence-corrected chi connectivity index (χ3v) is 3.98. The lowest BCUT2D eigenvalue weighted by Crippen LogP contribution is -2.29. The van der Waals surface area contributed by atoms with Gasteiger partial charge >= 0.3 is 0 Å². The predicted molar refractivity (Wildman–Crippen MR) is 99.9 cm³/mol. The third kappa shape index (κ3) is 4.98. The predicted octanol–water partition coefficient (Wildman–Crippen LogP) is 3.72. The zero-order chi connectivity index (χ0) is 16.1. The van der Waals surface area contributed by atoms with Gasteiger partial charge in [-0.3, -0.25) is 4.79 Å². The highest BCUT2D eigenvalue weighted by Gasteiger charge is 2.20. The van der Waals surface area contributed by atoms with Crippen LogP contribution in [0.3, 0.4) is 0 Å². The van der Waals surface area contributed by atoms with E-state index >= 15 is 0 Å². The van der Waals surface area contributed by atoms with Crippen molar-refractivity contribution in [1.29, 1.82) is 0 Å². The minimum absolute atomic E-state index is 0. The van der Waals surface area contributed by atoms with Crippen LogP contribution >= 0.6 is 12.4 Å². The van der Waals surface area contributed by atoms with Gasteiger partial charge in [-0.15, -0.1) is 12.4 Å². The molecule has 2 aromatic carbocycles. The molecule has 4 nitrogen and oxygen atoms in total. The van der Waals surface area contributed by atoms with E-state index in [1.54, 1.807) is 7.11 Å². The van der Waals surface area contributed by atoms with Crippen LogP contribution in [0.25, 0.3) is 11.1 Å². The van der Waals surface area contributed by atoms with E-state index in [4.69, 9.17) is 4.74 Å². The first kappa shape index (κ1) is 18.3. The number of hydrogen-bond acceptors (Lipinski definition) is 3. The third-order valence-electron chi connectivity index (χ3n) is 3.98. The lowest BCUT2D eigenvalue weighted by Gasteiger charge is -2.11. The fourth-order valence-electron chi connectivity index (χ4n) is 2.56. The number of ether oxygens (including phenoxy) is 1. The Morgan fingerprint density at radius 1 is 1.17 bits per heavy atom. The quantitative estimate of drug-likeness (QED) is 0.803. The van der Waals surface area contributed by atoms with Gasteiger partial charge in [0.2, 0.25) is 5.91 Å². The second-order valence-electron chi connectivity index (χ2n) is 5.90. The Labute approximate surface area is 149 Å². The van der Waals surface area contributed by atoms with E-state index in [0.29, 0.717) is 6.54 Å². The van der Waals surface area contributed by atoms with Crippen LogP contribution in [-0.4, -0.2) is 26.1 Å². The molecular weight excluding hydrogens is 324 g/mol. The molecule has 128 valence electrons. The van der Waals surface area contributed by atoms with Gasteiger partial charge in [-0.25, -0.2) is 0 Å². The number of rotatable bonds is 7. The molecule has 0 saturated heterocycles. The molecule has 0 heterocycles. The number of halogens is 1. The number of carbonyl (C=O) groups excluding carboxylic acids is 1. The second-order valence-corrected chi connectivity index (χ2v) is 5.90. The van der Waals surface area contributed by atoms with Crippen molar-refractivity contribution in [1.82, 2.24) is 5.32 Å². The largest absolute Gasteiger partial charge is 0.496 e. The topological polar surface area (TPSA) is 50.4 Å². The van der Waals surface area contributed by atoms with Crippen molar-refractivity contribution in [2.75, 3.05) is 25.5 Å². The van der Waals surface area contributed by atoms with Crippen LogP contribution in [0.15, 0.2) is 48.5 Å². The number of amides is 1. The first-order chi connectivity index (χ1) is 11.3. The fourth-order valence-corrected chi connectivity index (χ4v) is 2.56. The van der Waals surface area contributed by atoms with Gasteiger partial charge in [0.25, 0.3) is 0 Å². The van der Waals surface area contributed by atoms with Gasteiger partial charge in [0.1, 0.15) is 5.75 Å². The summed E-state index contributed by atoms with van der Waals surface area (Å²) in [5, 5.41) is 6.14. The smallest absolute Gasteiger partial charge is 0.238 e.